The fourth-order valence-corrected chi connectivity index (χ4v) is 2.54. The maximum atomic E-state index is 12.0. The Morgan fingerprint density at radius 2 is 2.04 bits per heavy atom. The number of nitrogens with two attached hydrogens (primary N) is 2. The molecule has 6 N–H and O–H groups in total. The maximum Gasteiger partial charge on any atom is 0.276 e. The molecule has 0 saturated heterocycles. The Morgan fingerprint density at radius 1 is 1.26 bits per heavy atom. The highest BCUT2D eigenvalue weighted by molar-refractivity contribution is 5.76. The smallest absolute Gasteiger partial charge is 0.276 e. The number of pyridine rings is 1. The summed E-state index contributed by atoms with van der Waals surface area (Å²) in [7, 11) is 0. The summed E-state index contributed by atoms with van der Waals surface area (Å²) in [5.41, 5.74) is 9.93. The number of H-pyrrole nitrogens is 1. The highest BCUT2D eigenvalue weighted by Crippen LogP contribution is 2.33. The van der Waals surface area contributed by atoms with Gasteiger partial charge in [0.15, 0.2) is 12.1 Å². The first-order valence-electron chi connectivity index (χ1n) is 8.12. The van der Waals surface area contributed by atoms with E-state index in [1.807, 2.05) is 19.1 Å². The monoisotopic (exact) mass is 366 g/mol. The topological polar surface area (TPSA) is 149 Å². The molecule has 0 aliphatic carbocycles. The van der Waals surface area contributed by atoms with Gasteiger partial charge in [0.2, 0.25) is 0 Å². The SMILES string of the molecule is CCOc1cc(-c2ccc(C=O)nc2)ccc1-c1nc(NN)c(N)c(=O)[nH]1. The number of hydrazine groups is 1. The second-order valence-corrected chi connectivity index (χ2v) is 5.55. The van der Waals surface area contributed by atoms with E-state index >= 15 is 0 Å². The number of anilines is 2. The number of nitrogens with one attached hydrogen (secondary N) is 2. The van der Waals surface area contributed by atoms with Gasteiger partial charge in [0.25, 0.3) is 5.56 Å². The van der Waals surface area contributed by atoms with Crippen LogP contribution in [0.4, 0.5) is 11.5 Å². The summed E-state index contributed by atoms with van der Waals surface area (Å²) in [4.78, 5) is 33.7. The summed E-state index contributed by atoms with van der Waals surface area (Å²) in [6, 6.07) is 8.84. The van der Waals surface area contributed by atoms with E-state index in [0.717, 1.165) is 11.1 Å². The van der Waals surface area contributed by atoms with Crippen molar-refractivity contribution in [2.45, 2.75) is 6.92 Å². The summed E-state index contributed by atoms with van der Waals surface area (Å²) >= 11 is 0. The Bertz CT molecular complexity index is 1030. The van der Waals surface area contributed by atoms with Crippen LogP contribution in [0.25, 0.3) is 22.5 Å². The van der Waals surface area contributed by atoms with Gasteiger partial charge in [-0.15, -0.1) is 0 Å². The summed E-state index contributed by atoms with van der Waals surface area (Å²) in [5, 5.41) is 0. The van der Waals surface area contributed by atoms with Gasteiger partial charge in [-0.2, -0.15) is 0 Å². The molecule has 2 aromatic heterocycles. The lowest BCUT2D eigenvalue weighted by Gasteiger charge is -2.13. The molecule has 2 heterocycles. The molecule has 0 saturated carbocycles. The molecular formula is C18H18N6O3. The zero-order chi connectivity index (χ0) is 19.4. The summed E-state index contributed by atoms with van der Waals surface area (Å²) in [6.07, 6.45) is 2.29. The molecule has 9 heteroatoms. The molecule has 0 spiro atoms. The fourth-order valence-electron chi connectivity index (χ4n) is 2.54. The molecule has 1 aromatic carbocycles. The largest absolute Gasteiger partial charge is 0.493 e. The van der Waals surface area contributed by atoms with Crippen LogP contribution < -0.4 is 27.3 Å². The quantitative estimate of drug-likeness (QED) is 0.292. The predicted molar refractivity (Wildman–Crippen MR) is 102 cm³/mol. The van der Waals surface area contributed by atoms with Crippen molar-refractivity contribution >= 4 is 17.8 Å². The molecule has 9 nitrogen and oxygen atoms in total. The van der Waals surface area contributed by atoms with Gasteiger partial charge >= 0.3 is 0 Å². The van der Waals surface area contributed by atoms with E-state index in [9.17, 15) is 9.59 Å². The number of rotatable bonds is 6. The number of aromatic nitrogens is 3. The second kappa shape index (κ2) is 7.67. The highest BCUT2D eigenvalue weighted by Gasteiger charge is 2.14. The minimum atomic E-state index is -0.506. The molecule has 0 radical (unpaired) electrons. The zero-order valence-corrected chi connectivity index (χ0v) is 14.5. The first-order chi connectivity index (χ1) is 13.1. The normalized spacial score (nSPS) is 10.4. The number of ether oxygens (including phenoxy) is 1. The van der Waals surface area contributed by atoms with Crippen LogP contribution in [0.1, 0.15) is 17.4 Å². The van der Waals surface area contributed by atoms with Crippen molar-refractivity contribution < 1.29 is 9.53 Å². The van der Waals surface area contributed by atoms with Crippen molar-refractivity contribution in [2.75, 3.05) is 17.8 Å². The molecule has 3 aromatic rings. The van der Waals surface area contributed by atoms with Gasteiger partial charge in [-0.25, -0.2) is 10.8 Å². The average molecular weight is 366 g/mol. The number of carbonyl (C=O) groups excluding carboxylic acids is 1. The Balaban J connectivity index is 2.10. The Hall–Kier alpha value is -3.72. The number of aldehydes is 1. The summed E-state index contributed by atoms with van der Waals surface area (Å²) in [6.45, 7) is 2.27. The van der Waals surface area contributed by atoms with Crippen molar-refractivity contribution in [3.05, 3.63) is 52.6 Å². The molecule has 3 rings (SSSR count). The van der Waals surface area contributed by atoms with Crippen LogP contribution in [-0.2, 0) is 0 Å². The summed E-state index contributed by atoms with van der Waals surface area (Å²) in [5.74, 6) is 6.25. The van der Waals surface area contributed by atoms with E-state index in [4.69, 9.17) is 16.3 Å². The third kappa shape index (κ3) is 3.62. The highest BCUT2D eigenvalue weighted by atomic mass is 16.5. The third-order valence-electron chi connectivity index (χ3n) is 3.87. The van der Waals surface area contributed by atoms with Crippen molar-refractivity contribution in [2.24, 2.45) is 5.84 Å². The number of hydrogen-bond acceptors (Lipinski definition) is 8. The predicted octanol–water partition coefficient (Wildman–Crippen LogP) is 1.58. The van der Waals surface area contributed by atoms with Crippen molar-refractivity contribution in [1.29, 1.82) is 0 Å². The van der Waals surface area contributed by atoms with E-state index < -0.39 is 5.56 Å². The zero-order valence-electron chi connectivity index (χ0n) is 14.5. The van der Waals surface area contributed by atoms with Gasteiger partial charge in [0.1, 0.15) is 23.0 Å². The van der Waals surface area contributed by atoms with Gasteiger partial charge in [0, 0.05) is 11.8 Å². The van der Waals surface area contributed by atoms with Crippen molar-refractivity contribution in [1.82, 2.24) is 15.0 Å². The van der Waals surface area contributed by atoms with Crippen molar-refractivity contribution in [3.63, 3.8) is 0 Å². The fraction of sp³-hybridized carbons (Fsp3) is 0.111. The Morgan fingerprint density at radius 3 is 2.67 bits per heavy atom. The minimum absolute atomic E-state index is 0.0777. The van der Waals surface area contributed by atoms with E-state index in [0.29, 0.717) is 29.9 Å². The lowest BCUT2D eigenvalue weighted by Crippen LogP contribution is -2.20. The van der Waals surface area contributed by atoms with Crippen molar-refractivity contribution in [3.8, 4) is 28.3 Å². The standard InChI is InChI=1S/C18H18N6O3/c1-2-27-14-7-10(11-3-5-12(9-25)21-8-11)4-6-13(14)16-22-17(24-20)15(19)18(26)23-16/h3-9H,2,19-20H2,1H3,(H2,22,23,24,26). The third-order valence-corrected chi connectivity index (χ3v) is 3.87. The van der Waals surface area contributed by atoms with Crippen LogP contribution in [0.5, 0.6) is 5.75 Å². The van der Waals surface area contributed by atoms with Gasteiger partial charge in [-0.3, -0.25) is 14.6 Å². The molecule has 0 atom stereocenters. The first-order valence-corrected chi connectivity index (χ1v) is 8.12. The maximum absolute atomic E-state index is 12.0. The van der Waals surface area contributed by atoms with Gasteiger partial charge in [-0.05, 0) is 30.7 Å². The number of benzene rings is 1. The van der Waals surface area contributed by atoms with Crippen LogP contribution in [0, 0.1) is 0 Å². The lowest BCUT2D eigenvalue weighted by atomic mass is 10.0. The van der Waals surface area contributed by atoms with Crippen LogP contribution in [-0.4, -0.2) is 27.8 Å². The number of carbonyl (C=O) groups is 1. The van der Waals surface area contributed by atoms with E-state index in [2.05, 4.69) is 20.4 Å². The van der Waals surface area contributed by atoms with Crippen LogP contribution in [0.3, 0.4) is 0 Å². The molecule has 0 bridgehead atoms. The van der Waals surface area contributed by atoms with Crippen LogP contribution >= 0.6 is 0 Å². The molecule has 0 unspecified atom stereocenters. The minimum Gasteiger partial charge on any atom is -0.493 e. The molecule has 0 fully saturated rings. The Labute approximate surface area is 154 Å². The Kier molecular flexibility index (Phi) is 5.13. The second-order valence-electron chi connectivity index (χ2n) is 5.55. The molecular weight excluding hydrogens is 348 g/mol. The molecule has 138 valence electrons. The van der Waals surface area contributed by atoms with Crippen LogP contribution in [0.15, 0.2) is 41.3 Å². The van der Waals surface area contributed by atoms with Gasteiger partial charge < -0.3 is 20.9 Å². The van der Waals surface area contributed by atoms with E-state index in [-0.39, 0.29) is 17.3 Å². The number of hydrogen-bond donors (Lipinski definition) is 4. The van der Waals surface area contributed by atoms with E-state index in [1.54, 1.807) is 24.4 Å². The molecule has 0 aliphatic rings. The van der Waals surface area contributed by atoms with E-state index in [1.165, 1.54) is 0 Å². The molecule has 27 heavy (non-hydrogen) atoms. The van der Waals surface area contributed by atoms with Gasteiger partial charge in [-0.1, -0.05) is 12.1 Å². The lowest BCUT2D eigenvalue weighted by molar-refractivity contribution is 0.111. The number of aromatic amines is 1. The summed E-state index contributed by atoms with van der Waals surface area (Å²) < 4.78 is 5.72. The first kappa shape index (κ1) is 18.1. The molecule has 0 aliphatic heterocycles. The number of nitrogen functional groups attached to an aromatic ring is 2. The van der Waals surface area contributed by atoms with Gasteiger partial charge in [0.05, 0.1) is 12.2 Å². The molecule has 0 amide bonds. The average Bonchev–Trinajstić information content (AvgIpc) is 2.70. The number of nitrogens with zero attached hydrogens (tertiary/aromatic N) is 2. The van der Waals surface area contributed by atoms with Crippen LogP contribution in [0.2, 0.25) is 0 Å².